The lowest BCUT2D eigenvalue weighted by Gasteiger charge is -2.39. The molecule has 0 amide bonds. The van der Waals surface area contributed by atoms with Crippen molar-refractivity contribution < 1.29 is 0 Å². The third kappa shape index (κ3) is 6.17. The summed E-state index contributed by atoms with van der Waals surface area (Å²) in [6.45, 7) is 5.92. The molecule has 306 valence electrons. The average Bonchev–Trinajstić information content (AvgIpc) is 3.67. The molecule has 0 bridgehead atoms. The van der Waals surface area contributed by atoms with Gasteiger partial charge in [0, 0.05) is 48.2 Å². The van der Waals surface area contributed by atoms with Crippen LogP contribution in [0, 0.1) is 0 Å². The van der Waals surface area contributed by atoms with Crippen molar-refractivity contribution in [3.8, 4) is 56.3 Å². The fourth-order valence-corrected chi connectivity index (χ4v) is 11.4. The Kier molecular flexibility index (Phi) is 9.36. The summed E-state index contributed by atoms with van der Waals surface area (Å²) in [7, 11) is 0. The molecule has 0 atom stereocenters. The monoisotopic (exact) mass is 847 g/mol. The maximum atomic E-state index is 5.45. The van der Waals surface area contributed by atoms with Gasteiger partial charge in [-0.25, -0.2) is 15.0 Å². The van der Waals surface area contributed by atoms with Crippen LogP contribution in [-0.2, 0) is 5.41 Å². The number of allylic oxidation sites excluding steroid dienone is 5. The summed E-state index contributed by atoms with van der Waals surface area (Å²) < 4.78 is 0. The van der Waals surface area contributed by atoms with Crippen molar-refractivity contribution in [1.29, 1.82) is 0 Å². The SMILES string of the molecule is C=C/C=C\C(=C/C)c1cccc(-c2cc(-c3ccc(-c4nc5ccccc5c5c6c(ccc45)C4(c5ccccc5Sc5ccccc54)c4ccccc4-6)cc3)nc(-c3ccccc3)n2)c1. The highest BCUT2D eigenvalue weighted by Crippen LogP contribution is 2.63. The van der Waals surface area contributed by atoms with Crippen molar-refractivity contribution >= 4 is 39.0 Å². The molecule has 2 aromatic heterocycles. The normalized spacial score (nSPS) is 13.5. The van der Waals surface area contributed by atoms with Gasteiger partial charge in [0.15, 0.2) is 5.82 Å². The van der Waals surface area contributed by atoms with Gasteiger partial charge in [-0.3, -0.25) is 0 Å². The fourth-order valence-electron chi connectivity index (χ4n) is 10.3. The molecule has 3 nitrogen and oxygen atoms in total. The molecule has 0 N–H and O–H groups in total. The molecule has 1 aliphatic heterocycles. The standard InChI is InChI=1S/C61H41N3S/c1-3-5-18-39(4-2)43-21-17-22-44(37-43)54-38-53(63-60(64-54)42-19-7-6-8-20-42)40-31-33-41(34-32-40)59-47-35-36-51-58(57(47)46-24-10-14-28-52(46)62-59)45-23-9-11-25-48(45)61(51)49-26-12-15-29-55(49)65-56-30-16-13-27-50(56)61/h3-38H,1H2,2H3/b18-5-,39-4+. The van der Waals surface area contributed by atoms with Crippen LogP contribution >= 0.6 is 11.8 Å². The minimum absolute atomic E-state index is 0.460. The van der Waals surface area contributed by atoms with Crippen LogP contribution in [0.4, 0.5) is 0 Å². The lowest BCUT2D eigenvalue weighted by molar-refractivity contribution is 0.723. The molecule has 10 aromatic rings. The Morgan fingerprint density at radius 2 is 1.17 bits per heavy atom. The number of benzene rings is 8. The molecule has 3 heterocycles. The van der Waals surface area contributed by atoms with E-state index in [-0.39, 0.29) is 0 Å². The summed E-state index contributed by atoms with van der Waals surface area (Å²) >= 11 is 1.88. The number of hydrogen-bond donors (Lipinski definition) is 0. The van der Waals surface area contributed by atoms with Gasteiger partial charge in [0.2, 0.25) is 0 Å². The summed E-state index contributed by atoms with van der Waals surface area (Å²) in [4.78, 5) is 18.4. The first-order chi connectivity index (χ1) is 32.1. The van der Waals surface area contributed by atoms with Crippen LogP contribution in [0.5, 0.6) is 0 Å². The smallest absolute Gasteiger partial charge is 0.160 e. The molecule has 2 aliphatic rings. The lowest BCUT2D eigenvalue weighted by Crippen LogP contribution is -2.31. The van der Waals surface area contributed by atoms with Gasteiger partial charge < -0.3 is 0 Å². The number of hydrogen-bond acceptors (Lipinski definition) is 4. The molecule has 0 unspecified atom stereocenters. The zero-order valence-electron chi connectivity index (χ0n) is 35.7. The largest absolute Gasteiger partial charge is 0.247 e. The Balaban J connectivity index is 1.03. The molecule has 4 heteroatoms. The molecule has 0 fully saturated rings. The van der Waals surface area contributed by atoms with Crippen LogP contribution in [-0.4, -0.2) is 15.0 Å². The van der Waals surface area contributed by atoms with E-state index in [1.165, 1.54) is 48.6 Å². The molecule has 0 radical (unpaired) electrons. The Hall–Kier alpha value is -7.92. The second kappa shape index (κ2) is 15.7. The minimum atomic E-state index is -0.460. The van der Waals surface area contributed by atoms with E-state index in [4.69, 9.17) is 15.0 Å². The molecule has 1 spiro atoms. The van der Waals surface area contributed by atoms with Crippen LogP contribution in [0.15, 0.2) is 235 Å². The van der Waals surface area contributed by atoms with Crippen molar-refractivity contribution in [3.63, 3.8) is 0 Å². The summed E-state index contributed by atoms with van der Waals surface area (Å²) in [5.41, 5.74) is 17.3. The van der Waals surface area contributed by atoms with Gasteiger partial charge in [-0.2, -0.15) is 0 Å². The number of rotatable bonds is 7. The van der Waals surface area contributed by atoms with Crippen LogP contribution in [0.1, 0.15) is 34.7 Å². The summed E-state index contributed by atoms with van der Waals surface area (Å²) in [6, 6.07) is 70.1. The van der Waals surface area contributed by atoms with E-state index < -0.39 is 5.41 Å². The fraction of sp³-hybridized carbons (Fsp3) is 0.0328. The number of aromatic nitrogens is 3. The van der Waals surface area contributed by atoms with Crippen LogP contribution in [0.3, 0.4) is 0 Å². The van der Waals surface area contributed by atoms with E-state index in [2.05, 4.69) is 202 Å². The van der Waals surface area contributed by atoms with E-state index in [1.807, 2.05) is 36.0 Å². The van der Waals surface area contributed by atoms with Gasteiger partial charge in [-0.05, 0) is 81.8 Å². The first-order valence-corrected chi connectivity index (χ1v) is 22.9. The van der Waals surface area contributed by atoms with Crippen LogP contribution < -0.4 is 0 Å². The molecular formula is C61H41N3S. The Morgan fingerprint density at radius 1 is 0.523 bits per heavy atom. The van der Waals surface area contributed by atoms with Crippen molar-refractivity contribution in [3.05, 3.63) is 253 Å². The van der Waals surface area contributed by atoms with Gasteiger partial charge in [-0.1, -0.05) is 206 Å². The molecule has 0 saturated heterocycles. The minimum Gasteiger partial charge on any atom is -0.247 e. The highest BCUT2D eigenvalue weighted by Gasteiger charge is 2.50. The van der Waals surface area contributed by atoms with Crippen molar-refractivity contribution in [1.82, 2.24) is 15.0 Å². The number of fused-ring (bicyclic) bond motifs is 13. The number of nitrogens with zero attached hydrogens (tertiary/aromatic N) is 3. The molecule has 8 aromatic carbocycles. The lowest BCUT2D eigenvalue weighted by atomic mass is 9.67. The second-order valence-corrected chi connectivity index (χ2v) is 17.7. The van der Waals surface area contributed by atoms with Gasteiger partial charge in [-0.15, -0.1) is 0 Å². The molecule has 12 rings (SSSR count). The zero-order chi connectivity index (χ0) is 43.5. The maximum Gasteiger partial charge on any atom is 0.160 e. The predicted octanol–water partition coefficient (Wildman–Crippen LogP) is 15.8. The molecule has 1 aliphatic carbocycles. The molecule has 65 heavy (non-hydrogen) atoms. The Labute approximate surface area is 383 Å². The quantitative estimate of drug-likeness (QED) is 0.118. The topological polar surface area (TPSA) is 38.7 Å². The van der Waals surface area contributed by atoms with Gasteiger partial charge in [0.05, 0.1) is 28.0 Å². The first kappa shape index (κ1) is 38.7. The van der Waals surface area contributed by atoms with Crippen LogP contribution in [0.25, 0.3) is 83.5 Å². The van der Waals surface area contributed by atoms with Crippen LogP contribution in [0.2, 0.25) is 0 Å². The molecular weight excluding hydrogens is 807 g/mol. The second-order valence-electron chi connectivity index (χ2n) is 16.6. The van der Waals surface area contributed by atoms with E-state index in [0.717, 1.165) is 66.8 Å². The molecule has 0 saturated carbocycles. The van der Waals surface area contributed by atoms with Crippen molar-refractivity contribution in [2.24, 2.45) is 0 Å². The highest BCUT2D eigenvalue weighted by atomic mass is 32.2. The van der Waals surface area contributed by atoms with Gasteiger partial charge >= 0.3 is 0 Å². The Morgan fingerprint density at radius 3 is 1.92 bits per heavy atom. The summed E-state index contributed by atoms with van der Waals surface area (Å²) in [5.74, 6) is 0.682. The van der Waals surface area contributed by atoms with E-state index in [1.54, 1.807) is 6.08 Å². The van der Waals surface area contributed by atoms with Gasteiger partial charge in [0.25, 0.3) is 0 Å². The van der Waals surface area contributed by atoms with E-state index >= 15 is 0 Å². The van der Waals surface area contributed by atoms with Crippen molar-refractivity contribution in [2.75, 3.05) is 0 Å². The number of pyridine rings is 1. The van der Waals surface area contributed by atoms with Crippen molar-refractivity contribution in [2.45, 2.75) is 22.1 Å². The predicted molar refractivity (Wildman–Crippen MR) is 271 cm³/mol. The van der Waals surface area contributed by atoms with E-state index in [9.17, 15) is 0 Å². The van der Waals surface area contributed by atoms with Gasteiger partial charge in [0.1, 0.15) is 0 Å². The average molecular weight is 848 g/mol. The maximum absolute atomic E-state index is 5.45. The Bertz CT molecular complexity index is 3560. The summed E-state index contributed by atoms with van der Waals surface area (Å²) in [6.07, 6.45) is 7.97. The van der Waals surface area contributed by atoms with E-state index in [0.29, 0.717) is 5.82 Å². The first-order valence-electron chi connectivity index (χ1n) is 22.1. The third-order valence-electron chi connectivity index (χ3n) is 13.1. The highest BCUT2D eigenvalue weighted by molar-refractivity contribution is 7.99. The number of para-hydroxylation sites is 1. The summed E-state index contributed by atoms with van der Waals surface area (Å²) in [5, 5.41) is 3.52. The third-order valence-corrected chi connectivity index (χ3v) is 14.3. The zero-order valence-corrected chi connectivity index (χ0v) is 36.6.